The number of carbonyl (C=O) groups excluding carboxylic acids is 1. The Labute approximate surface area is 78.8 Å². The third kappa shape index (κ3) is 4.05. The molecule has 0 aliphatic rings. The molecule has 0 saturated heterocycles. The second-order valence-electron chi connectivity index (χ2n) is 3.03. The van der Waals surface area contributed by atoms with E-state index in [0.29, 0.717) is 6.54 Å². The Morgan fingerprint density at radius 3 is 2.54 bits per heavy atom. The van der Waals surface area contributed by atoms with Crippen molar-refractivity contribution in [3.05, 3.63) is 12.7 Å². The van der Waals surface area contributed by atoms with Gasteiger partial charge in [0.15, 0.2) is 6.23 Å². The fourth-order valence-corrected chi connectivity index (χ4v) is 0.888. The average molecular weight is 187 g/mol. The van der Waals surface area contributed by atoms with Crippen LogP contribution >= 0.6 is 0 Å². The van der Waals surface area contributed by atoms with Gasteiger partial charge in [0.25, 0.3) is 0 Å². The molecule has 0 aromatic rings. The summed E-state index contributed by atoms with van der Waals surface area (Å²) in [5.41, 5.74) is 0. The summed E-state index contributed by atoms with van der Waals surface area (Å²) in [6.45, 7) is 9.19. The first-order valence-electron chi connectivity index (χ1n) is 4.31. The highest BCUT2D eigenvalue weighted by Gasteiger charge is 2.22. The van der Waals surface area contributed by atoms with Gasteiger partial charge >= 0.3 is 5.97 Å². The largest absolute Gasteiger partial charge is 0.441 e. The molecule has 0 fully saturated rings. The van der Waals surface area contributed by atoms with Crippen molar-refractivity contribution in [1.82, 2.24) is 5.06 Å². The lowest BCUT2D eigenvalue weighted by molar-refractivity contribution is -0.224. The molecule has 76 valence electrons. The standard InChI is InChI=1S/C9H17NO3/c1-5-8(11)13-9(7(3)4)10(12)6-2/h5,7,9,12H,1,6H2,2-4H3. The van der Waals surface area contributed by atoms with Gasteiger partial charge < -0.3 is 9.94 Å². The highest BCUT2D eigenvalue weighted by atomic mass is 16.6. The van der Waals surface area contributed by atoms with Gasteiger partial charge in [-0.05, 0) is 6.92 Å². The first kappa shape index (κ1) is 12.1. The van der Waals surface area contributed by atoms with Gasteiger partial charge in [-0.15, -0.1) is 0 Å². The SMILES string of the molecule is C=CC(=O)OC(C(C)C)N(O)CC. The number of hydrogen-bond acceptors (Lipinski definition) is 4. The molecule has 0 spiro atoms. The Hall–Kier alpha value is -0.870. The van der Waals surface area contributed by atoms with Gasteiger partial charge in [0.1, 0.15) is 0 Å². The minimum atomic E-state index is -0.601. The zero-order valence-corrected chi connectivity index (χ0v) is 8.36. The van der Waals surface area contributed by atoms with Gasteiger partial charge in [0, 0.05) is 18.5 Å². The van der Waals surface area contributed by atoms with E-state index in [2.05, 4.69) is 6.58 Å². The number of ether oxygens (including phenoxy) is 1. The summed E-state index contributed by atoms with van der Waals surface area (Å²) in [5.74, 6) is -0.486. The summed E-state index contributed by atoms with van der Waals surface area (Å²) in [4.78, 5) is 10.9. The zero-order valence-electron chi connectivity index (χ0n) is 8.36. The van der Waals surface area contributed by atoms with Crippen LogP contribution in [0.3, 0.4) is 0 Å². The van der Waals surface area contributed by atoms with Gasteiger partial charge in [0.2, 0.25) is 0 Å². The number of hydrogen-bond donors (Lipinski definition) is 1. The third-order valence-corrected chi connectivity index (χ3v) is 1.59. The normalized spacial score (nSPS) is 13.1. The van der Waals surface area contributed by atoms with E-state index in [9.17, 15) is 10.0 Å². The lowest BCUT2D eigenvalue weighted by atomic mass is 10.2. The van der Waals surface area contributed by atoms with Crippen molar-refractivity contribution in [2.75, 3.05) is 6.54 Å². The first-order chi connectivity index (χ1) is 6.02. The molecule has 4 nitrogen and oxygen atoms in total. The summed E-state index contributed by atoms with van der Waals surface area (Å²) in [6, 6.07) is 0. The summed E-state index contributed by atoms with van der Waals surface area (Å²) >= 11 is 0. The van der Waals surface area contributed by atoms with E-state index in [-0.39, 0.29) is 5.92 Å². The van der Waals surface area contributed by atoms with Crippen molar-refractivity contribution < 1.29 is 14.7 Å². The Morgan fingerprint density at radius 2 is 2.23 bits per heavy atom. The molecule has 0 amide bonds. The monoisotopic (exact) mass is 187 g/mol. The van der Waals surface area contributed by atoms with Crippen LogP contribution in [0, 0.1) is 5.92 Å². The van der Waals surface area contributed by atoms with Crippen LogP contribution in [0.2, 0.25) is 0 Å². The second kappa shape index (κ2) is 5.72. The summed E-state index contributed by atoms with van der Waals surface area (Å²) in [7, 11) is 0. The second-order valence-corrected chi connectivity index (χ2v) is 3.03. The van der Waals surface area contributed by atoms with E-state index in [1.54, 1.807) is 6.92 Å². The lowest BCUT2D eigenvalue weighted by Gasteiger charge is -2.27. The molecule has 0 radical (unpaired) electrons. The maximum atomic E-state index is 10.9. The van der Waals surface area contributed by atoms with Crippen molar-refractivity contribution in [2.24, 2.45) is 5.92 Å². The fourth-order valence-electron chi connectivity index (χ4n) is 0.888. The molecule has 0 aliphatic heterocycles. The van der Waals surface area contributed by atoms with Crippen LogP contribution in [0.25, 0.3) is 0 Å². The Morgan fingerprint density at radius 1 is 1.69 bits per heavy atom. The van der Waals surface area contributed by atoms with Crippen LogP contribution in [0.5, 0.6) is 0 Å². The van der Waals surface area contributed by atoms with Crippen molar-refractivity contribution in [2.45, 2.75) is 27.0 Å². The van der Waals surface area contributed by atoms with Crippen molar-refractivity contribution in [3.8, 4) is 0 Å². The zero-order chi connectivity index (χ0) is 10.4. The Kier molecular flexibility index (Phi) is 5.34. The molecule has 0 rings (SSSR count). The van der Waals surface area contributed by atoms with Gasteiger partial charge in [-0.1, -0.05) is 20.4 Å². The quantitative estimate of drug-likeness (QED) is 0.306. The van der Waals surface area contributed by atoms with Crippen LogP contribution in [0.1, 0.15) is 20.8 Å². The molecule has 0 bridgehead atoms. The van der Waals surface area contributed by atoms with Gasteiger partial charge in [-0.25, -0.2) is 4.79 Å². The van der Waals surface area contributed by atoms with Gasteiger partial charge in [-0.3, -0.25) is 0 Å². The highest BCUT2D eigenvalue weighted by molar-refractivity contribution is 5.81. The van der Waals surface area contributed by atoms with E-state index >= 15 is 0 Å². The molecule has 1 unspecified atom stereocenters. The third-order valence-electron chi connectivity index (χ3n) is 1.59. The van der Waals surface area contributed by atoms with E-state index in [1.807, 2.05) is 13.8 Å². The van der Waals surface area contributed by atoms with Gasteiger partial charge in [0.05, 0.1) is 0 Å². The molecule has 13 heavy (non-hydrogen) atoms. The molecule has 0 aromatic carbocycles. The molecule has 0 aliphatic carbocycles. The predicted molar refractivity (Wildman–Crippen MR) is 49.1 cm³/mol. The maximum Gasteiger partial charge on any atom is 0.331 e. The molecule has 4 heteroatoms. The number of hydroxylamine groups is 2. The number of carbonyl (C=O) groups is 1. The molecule has 0 saturated carbocycles. The van der Waals surface area contributed by atoms with E-state index in [0.717, 1.165) is 11.1 Å². The molecule has 0 heterocycles. The molecular weight excluding hydrogens is 170 g/mol. The topological polar surface area (TPSA) is 49.8 Å². The molecule has 1 atom stereocenters. The van der Waals surface area contributed by atoms with Crippen LogP contribution in [-0.4, -0.2) is 29.0 Å². The summed E-state index contributed by atoms with van der Waals surface area (Å²) in [6.07, 6.45) is 0.481. The highest BCUT2D eigenvalue weighted by Crippen LogP contribution is 2.10. The smallest absolute Gasteiger partial charge is 0.331 e. The van der Waals surface area contributed by atoms with E-state index in [4.69, 9.17) is 4.74 Å². The van der Waals surface area contributed by atoms with Crippen LogP contribution in [0.4, 0.5) is 0 Å². The summed E-state index contributed by atoms with van der Waals surface area (Å²) < 4.78 is 4.93. The number of esters is 1. The molecule has 1 N–H and O–H groups in total. The van der Waals surface area contributed by atoms with Crippen molar-refractivity contribution >= 4 is 5.97 Å². The minimum absolute atomic E-state index is 0.0360. The fraction of sp³-hybridized carbons (Fsp3) is 0.667. The van der Waals surface area contributed by atoms with Crippen molar-refractivity contribution in [3.63, 3.8) is 0 Å². The lowest BCUT2D eigenvalue weighted by Crippen LogP contribution is -2.39. The van der Waals surface area contributed by atoms with E-state index in [1.165, 1.54) is 0 Å². The Bertz CT molecular complexity index is 180. The molecular formula is C9H17NO3. The predicted octanol–water partition coefficient (Wildman–Crippen LogP) is 1.41. The minimum Gasteiger partial charge on any atom is -0.441 e. The average Bonchev–Trinajstić information content (AvgIpc) is 2.11. The summed E-state index contributed by atoms with van der Waals surface area (Å²) in [5, 5.41) is 10.3. The van der Waals surface area contributed by atoms with Crippen LogP contribution in [0.15, 0.2) is 12.7 Å². The van der Waals surface area contributed by atoms with E-state index < -0.39 is 12.2 Å². The first-order valence-corrected chi connectivity index (χ1v) is 4.31. The Balaban J connectivity index is 4.25. The number of rotatable bonds is 5. The van der Waals surface area contributed by atoms with Gasteiger partial charge in [-0.2, -0.15) is 5.06 Å². The number of nitrogens with zero attached hydrogens (tertiary/aromatic N) is 1. The van der Waals surface area contributed by atoms with Crippen LogP contribution in [-0.2, 0) is 9.53 Å². The molecule has 0 aromatic heterocycles. The van der Waals surface area contributed by atoms with Crippen LogP contribution < -0.4 is 0 Å². The maximum absolute atomic E-state index is 10.9. The van der Waals surface area contributed by atoms with Crippen molar-refractivity contribution in [1.29, 1.82) is 0 Å².